The van der Waals surface area contributed by atoms with Crippen LogP contribution in [-0.2, 0) is 19.9 Å². The van der Waals surface area contributed by atoms with E-state index >= 15 is 0 Å². The van der Waals surface area contributed by atoms with Gasteiger partial charge < -0.3 is 5.32 Å². The molecule has 0 saturated carbocycles. The second kappa shape index (κ2) is 7.88. The zero-order valence-corrected chi connectivity index (χ0v) is 12.7. The first kappa shape index (κ1) is 15.6. The summed E-state index contributed by atoms with van der Waals surface area (Å²) in [6.45, 7) is 4.05. The molecule has 0 aliphatic rings. The summed E-state index contributed by atoms with van der Waals surface area (Å²) in [7, 11) is 1.90. The Bertz CT molecular complexity index is 553. The molecule has 5 heteroatoms. The average molecular weight is 290 g/mol. The van der Waals surface area contributed by atoms with E-state index in [1.165, 1.54) is 6.07 Å². The largest absolute Gasteiger partial charge is 0.316 e. The van der Waals surface area contributed by atoms with E-state index in [9.17, 15) is 4.39 Å². The van der Waals surface area contributed by atoms with Crippen LogP contribution in [0.1, 0.15) is 24.7 Å². The van der Waals surface area contributed by atoms with Gasteiger partial charge in [-0.15, -0.1) is 0 Å². The lowest BCUT2D eigenvalue weighted by Gasteiger charge is -2.17. The third kappa shape index (κ3) is 4.93. The SMILES string of the molecule is CCCNCC(Cc1cccc(F)c1)Cc1ncnn1C. The summed E-state index contributed by atoms with van der Waals surface area (Å²) in [5, 5.41) is 7.56. The lowest BCUT2D eigenvalue weighted by molar-refractivity contribution is 0.452. The summed E-state index contributed by atoms with van der Waals surface area (Å²) in [4.78, 5) is 4.29. The first-order valence-electron chi connectivity index (χ1n) is 7.47. The van der Waals surface area contributed by atoms with Crippen LogP contribution >= 0.6 is 0 Å². The summed E-state index contributed by atoms with van der Waals surface area (Å²) < 4.78 is 15.1. The molecule has 1 atom stereocenters. The summed E-state index contributed by atoms with van der Waals surface area (Å²) in [6.07, 6.45) is 4.36. The maximum atomic E-state index is 13.3. The third-order valence-electron chi connectivity index (χ3n) is 3.55. The second-order valence-electron chi connectivity index (χ2n) is 5.41. The van der Waals surface area contributed by atoms with Gasteiger partial charge in [0.15, 0.2) is 0 Å². The van der Waals surface area contributed by atoms with Gasteiger partial charge in [0.1, 0.15) is 18.0 Å². The molecule has 0 spiro atoms. The van der Waals surface area contributed by atoms with E-state index in [-0.39, 0.29) is 5.82 Å². The molecule has 1 N–H and O–H groups in total. The normalized spacial score (nSPS) is 12.5. The molecule has 0 aliphatic heterocycles. The predicted octanol–water partition coefficient (Wildman–Crippen LogP) is 2.36. The van der Waals surface area contributed by atoms with Gasteiger partial charge in [-0.25, -0.2) is 9.37 Å². The molecule has 0 aliphatic carbocycles. The van der Waals surface area contributed by atoms with Gasteiger partial charge in [-0.05, 0) is 49.5 Å². The minimum Gasteiger partial charge on any atom is -0.316 e. The van der Waals surface area contributed by atoms with E-state index in [1.54, 1.807) is 23.1 Å². The molecular formula is C16H23FN4. The fourth-order valence-electron chi connectivity index (χ4n) is 2.46. The van der Waals surface area contributed by atoms with E-state index < -0.39 is 0 Å². The van der Waals surface area contributed by atoms with Crippen LogP contribution in [0.3, 0.4) is 0 Å². The molecule has 0 fully saturated rings. The van der Waals surface area contributed by atoms with Crippen molar-refractivity contribution in [3.8, 4) is 0 Å². The quantitative estimate of drug-likeness (QED) is 0.759. The molecule has 2 aromatic rings. The Morgan fingerprint density at radius 3 is 2.86 bits per heavy atom. The maximum absolute atomic E-state index is 13.3. The fraction of sp³-hybridized carbons (Fsp3) is 0.500. The van der Waals surface area contributed by atoms with Crippen molar-refractivity contribution in [1.82, 2.24) is 20.1 Å². The molecule has 114 valence electrons. The van der Waals surface area contributed by atoms with E-state index in [0.717, 1.165) is 43.7 Å². The van der Waals surface area contributed by atoms with Crippen LogP contribution in [0.25, 0.3) is 0 Å². The Hall–Kier alpha value is -1.75. The van der Waals surface area contributed by atoms with Crippen molar-refractivity contribution in [2.45, 2.75) is 26.2 Å². The molecule has 1 aromatic heterocycles. The van der Waals surface area contributed by atoms with Crippen molar-refractivity contribution in [3.63, 3.8) is 0 Å². The molecule has 0 saturated heterocycles. The van der Waals surface area contributed by atoms with Crippen LogP contribution in [0.4, 0.5) is 4.39 Å². The fourth-order valence-corrected chi connectivity index (χ4v) is 2.46. The number of nitrogens with zero attached hydrogens (tertiary/aromatic N) is 3. The van der Waals surface area contributed by atoms with Gasteiger partial charge in [0.25, 0.3) is 0 Å². The molecule has 0 bridgehead atoms. The highest BCUT2D eigenvalue weighted by molar-refractivity contribution is 5.17. The van der Waals surface area contributed by atoms with Crippen LogP contribution in [-0.4, -0.2) is 27.9 Å². The van der Waals surface area contributed by atoms with Gasteiger partial charge >= 0.3 is 0 Å². The van der Waals surface area contributed by atoms with Crippen molar-refractivity contribution in [2.24, 2.45) is 13.0 Å². The number of benzene rings is 1. The smallest absolute Gasteiger partial charge is 0.138 e. The molecule has 1 aromatic carbocycles. The van der Waals surface area contributed by atoms with Crippen LogP contribution in [0.2, 0.25) is 0 Å². The molecule has 4 nitrogen and oxygen atoms in total. The van der Waals surface area contributed by atoms with Gasteiger partial charge in [-0.1, -0.05) is 19.1 Å². The van der Waals surface area contributed by atoms with Crippen molar-refractivity contribution in [1.29, 1.82) is 0 Å². The van der Waals surface area contributed by atoms with Crippen LogP contribution in [0.5, 0.6) is 0 Å². The Morgan fingerprint density at radius 1 is 1.33 bits per heavy atom. The summed E-state index contributed by atoms with van der Waals surface area (Å²) in [5.41, 5.74) is 1.03. The number of aromatic nitrogens is 3. The molecule has 1 heterocycles. The highest BCUT2D eigenvalue weighted by Crippen LogP contribution is 2.14. The Balaban J connectivity index is 2.02. The van der Waals surface area contributed by atoms with E-state index in [4.69, 9.17) is 0 Å². The number of aryl methyl sites for hydroxylation is 1. The third-order valence-corrected chi connectivity index (χ3v) is 3.55. The first-order chi connectivity index (χ1) is 10.2. The average Bonchev–Trinajstić information content (AvgIpc) is 2.84. The molecule has 21 heavy (non-hydrogen) atoms. The Morgan fingerprint density at radius 2 is 2.19 bits per heavy atom. The predicted molar refractivity (Wildman–Crippen MR) is 81.5 cm³/mol. The lowest BCUT2D eigenvalue weighted by atomic mass is 9.95. The first-order valence-corrected chi connectivity index (χ1v) is 7.47. The van der Waals surface area contributed by atoms with Crippen molar-refractivity contribution < 1.29 is 4.39 Å². The molecule has 0 radical (unpaired) electrons. The summed E-state index contributed by atoms with van der Waals surface area (Å²) in [5.74, 6) is 1.17. The molecule has 1 unspecified atom stereocenters. The molecular weight excluding hydrogens is 267 g/mol. The highest BCUT2D eigenvalue weighted by atomic mass is 19.1. The number of hydrogen-bond acceptors (Lipinski definition) is 3. The standard InChI is InChI=1S/C16H23FN4/c1-3-7-18-11-14(10-16-19-12-20-21(16)2)8-13-5-4-6-15(17)9-13/h4-6,9,12,14,18H,3,7-8,10-11H2,1-2H3. The zero-order valence-electron chi connectivity index (χ0n) is 12.7. The minimum absolute atomic E-state index is 0.175. The van der Waals surface area contributed by atoms with E-state index in [0.29, 0.717) is 5.92 Å². The lowest BCUT2D eigenvalue weighted by Crippen LogP contribution is -2.27. The van der Waals surface area contributed by atoms with Gasteiger partial charge in [0.05, 0.1) is 0 Å². The topological polar surface area (TPSA) is 42.7 Å². The van der Waals surface area contributed by atoms with Crippen molar-refractivity contribution in [3.05, 3.63) is 47.8 Å². The monoisotopic (exact) mass is 290 g/mol. The van der Waals surface area contributed by atoms with E-state index in [2.05, 4.69) is 22.3 Å². The number of halogens is 1. The molecule has 0 amide bonds. The Labute approximate surface area is 125 Å². The van der Waals surface area contributed by atoms with Crippen molar-refractivity contribution >= 4 is 0 Å². The van der Waals surface area contributed by atoms with Gasteiger partial charge in [-0.2, -0.15) is 5.10 Å². The minimum atomic E-state index is -0.175. The summed E-state index contributed by atoms with van der Waals surface area (Å²) >= 11 is 0. The van der Waals surface area contributed by atoms with Crippen LogP contribution < -0.4 is 5.32 Å². The second-order valence-corrected chi connectivity index (χ2v) is 5.41. The zero-order chi connectivity index (χ0) is 15.1. The summed E-state index contributed by atoms with van der Waals surface area (Å²) in [6, 6.07) is 6.84. The van der Waals surface area contributed by atoms with Gasteiger partial charge in [0, 0.05) is 13.5 Å². The number of hydrogen-bond donors (Lipinski definition) is 1. The Kier molecular flexibility index (Phi) is 5.87. The van der Waals surface area contributed by atoms with E-state index in [1.807, 2.05) is 13.1 Å². The maximum Gasteiger partial charge on any atom is 0.138 e. The van der Waals surface area contributed by atoms with Gasteiger partial charge in [-0.3, -0.25) is 4.68 Å². The van der Waals surface area contributed by atoms with Gasteiger partial charge in [0.2, 0.25) is 0 Å². The number of rotatable bonds is 8. The van der Waals surface area contributed by atoms with Crippen molar-refractivity contribution in [2.75, 3.05) is 13.1 Å². The highest BCUT2D eigenvalue weighted by Gasteiger charge is 2.14. The number of nitrogens with one attached hydrogen (secondary N) is 1. The molecule has 2 rings (SSSR count). The van der Waals surface area contributed by atoms with Crippen LogP contribution in [0, 0.1) is 11.7 Å². The van der Waals surface area contributed by atoms with Crippen LogP contribution in [0.15, 0.2) is 30.6 Å².